The van der Waals surface area contributed by atoms with E-state index in [4.69, 9.17) is 0 Å². The SMILES string of the molecule is CNC(Cc1nc(C)ccc1[N+](=O)[O-])C1CC1. The van der Waals surface area contributed by atoms with Crippen LogP contribution in [0.25, 0.3) is 0 Å². The lowest BCUT2D eigenvalue weighted by Crippen LogP contribution is -2.30. The monoisotopic (exact) mass is 235 g/mol. The molecule has 1 aliphatic carbocycles. The van der Waals surface area contributed by atoms with Crippen LogP contribution in [0.5, 0.6) is 0 Å². The molecule has 1 fully saturated rings. The zero-order chi connectivity index (χ0) is 12.4. The molecule has 5 nitrogen and oxygen atoms in total. The lowest BCUT2D eigenvalue weighted by atomic mass is 10.0. The van der Waals surface area contributed by atoms with Crippen LogP contribution in [0.3, 0.4) is 0 Å². The Bertz CT molecular complexity index is 430. The predicted octanol–water partition coefficient (Wildman–Crippen LogP) is 1.84. The average Bonchev–Trinajstić information content (AvgIpc) is 3.09. The molecule has 0 saturated heterocycles. The number of hydrogen-bond donors (Lipinski definition) is 1. The summed E-state index contributed by atoms with van der Waals surface area (Å²) in [7, 11) is 1.91. The number of nitrogens with one attached hydrogen (secondary N) is 1. The second kappa shape index (κ2) is 4.79. The number of nitrogens with zero attached hydrogens (tertiary/aromatic N) is 2. The Morgan fingerprint density at radius 1 is 1.59 bits per heavy atom. The van der Waals surface area contributed by atoms with Crippen LogP contribution in [0.15, 0.2) is 12.1 Å². The van der Waals surface area contributed by atoms with Crippen molar-refractivity contribution in [3.63, 3.8) is 0 Å². The third kappa shape index (κ3) is 2.79. The summed E-state index contributed by atoms with van der Waals surface area (Å²) in [5.41, 5.74) is 1.56. The van der Waals surface area contributed by atoms with E-state index in [0.29, 0.717) is 24.1 Å². The number of rotatable bonds is 5. The molecule has 1 aliphatic rings. The molecule has 92 valence electrons. The van der Waals surface area contributed by atoms with Gasteiger partial charge in [0.2, 0.25) is 0 Å². The fraction of sp³-hybridized carbons (Fsp3) is 0.583. The van der Waals surface area contributed by atoms with Crippen molar-refractivity contribution < 1.29 is 4.92 Å². The van der Waals surface area contributed by atoms with E-state index in [1.807, 2.05) is 14.0 Å². The van der Waals surface area contributed by atoms with Crippen molar-refractivity contribution in [1.82, 2.24) is 10.3 Å². The van der Waals surface area contributed by atoms with Gasteiger partial charge >= 0.3 is 0 Å². The minimum Gasteiger partial charge on any atom is -0.316 e. The third-order valence-electron chi connectivity index (χ3n) is 3.26. The molecular weight excluding hydrogens is 218 g/mol. The van der Waals surface area contributed by atoms with Gasteiger partial charge in [-0.25, -0.2) is 0 Å². The largest absolute Gasteiger partial charge is 0.316 e. The number of nitro groups is 1. The van der Waals surface area contributed by atoms with Gasteiger partial charge in [0.15, 0.2) is 0 Å². The van der Waals surface area contributed by atoms with E-state index in [9.17, 15) is 10.1 Å². The Kier molecular flexibility index (Phi) is 3.38. The Morgan fingerprint density at radius 2 is 2.29 bits per heavy atom. The summed E-state index contributed by atoms with van der Waals surface area (Å²) >= 11 is 0. The number of pyridine rings is 1. The lowest BCUT2D eigenvalue weighted by molar-refractivity contribution is -0.386. The molecular formula is C12H17N3O2. The quantitative estimate of drug-likeness (QED) is 0.624. The van der Waals surface area contributed by atoms with E-state index in [2.05, 4.69) is 10.3 Å². The van der Waals surface area contributed by atoms with Gasteiger partial charge in [-0.2, -0.15) is 0 Å². The summed E-state index contributed by atoms with van der Waals surface area (Å²) in [4.78, 5) is 14.9. The van der Waals surface area contributed by atoms with E-state index >= 15 is 0 Å². The van der Waals surface area contributed by atoms with Crippen LogP contribution in [0.2, 0.25) is 0 Å². The smallest absolute Gasteiger partial charge is 0.290 e. The number of hydrogen-bond acceptors (Lipinski definition) is 4. The van der Waals surface area contributed by atoms with Crippen LogP contribution in [-0.2, 0) is 6.42 Å². The summed E-state index contributed by atoms with van der Waals surface area (Å²) in [6, 6.07) is 3.55. The first-order valence-electron chi connectivity index (χ1n) is 5.90. The van der Waals surface area contributed by atoms with Gasteiger partial charge in [0, 0.05) is 24.2 Å². The van der Waals surface area contributed by atoms with Gasteiger partial charge in [-0.05, 0) is 38.8 Å². The van der Waals surface area contributed by atoms with Crippen LogP contribution in [0.1, 0.15) is 24.2 Å². The van der Waals surface area contributed by atoms with Gasteiger partial charge in [0.05, 0.1) is 4.92 Å². The molecule has 5 heteroatoms. The molecule has 1 aromatic rings. The molecule has 1 heterocycles. The molecule has 0 aromatic carbocycles. The number of aryl methyl sites for hydroxylation is 1. The molecule has 1 N–H and O–H groups in total. The summed E-state index contributed by atoms with van der Waals surface area (Å²) in [6.07, 6.45) is 3.06. The van der Waals surface area contributed by atoms with Crippen molar-refractivity contribution in [3.05, 3.63) is 33.6 Å². The maximum Gasteiger partial charge on any atom is 0.290 e. The van der Waals surface area contributed by atoms with Gasteiger partial charge in [0.1, 0.15) is 5.69 Å². The normalized spacial score (nSPS) is 16.8. The first-order valence-corrected chi connectivity index (χ1v) is 5.90. The first kappa shape index (κ1) is 12.0. The predicted molar refractivity (Wildman–Crippen MR) is 64.9 cm³/mol. The molecule has 1 aromatic heterocycles. The van der Waals surface area contributed by atoms with Gasteiger partial charge < -0.3 is 5.32 Å². The summed E-state index contributed by atoms with van der Waals surface area (Å²) < 4.78 is 0. The topological polar surface area (TPSA) is 68.1 Å². The van der Waals surface area contributed by atoms with Gasteiger partial charge in [0.25, 0.3) is 5.69 Å². The first-order chi connectivity index (χ1) is 8.11. The van der Waals surface area contributed by atoms with Crippen LogP contribution in [-0.4, -0.2) is 23.0 Å². The highest BCUT2D eigenvalue weighted by Crippen LogP contribution is 2.34. The zero-order valence-corrected chi connectivity index (χ0v) is 10.1. The second-order valence-corrected chi connectivity index (χ2v) is 4.61. The number of aromatic nitrogens is 1. The molecule has 0 spiro atoms. The minimum absolute atomic E-state index is 0.136. The van der Waals surface area contributed by atoms with Crippen LogP contribution < -0.4 is 5.32 Å². The van der Waals surface area contributed by atoms with Crippen molar-refractivity contribution in [2.24, 2.45) is 5.92 Å². The van der Waals surface area contributed by atoms with Crippen LogP contribution >= 0.6 is 0 Å². The van der Waals surface area contributed by atoms with Crippen molar-refractivity contribution in [2.45, 2.75) is 32.2 Å². The van der Waals surface area contributed by atoms with E-state index < -0.39 is 0 Å². The molecule has 1 saturated carbocycles. The van der Waals surface area contributed by atoms with Crippen molar-refractivity contribution >= 4 is 5.69 Å². The Labute approximate surface area is 100 Å². The highest BCUT2D eigenvalue weighted by molar-refractivity contribution is 5.36. The summed E-state index contributed by atoms with van der Waals surface area (Å²) in [6.45, 7) is 1.86. The van der Waals surface area contributed by atoms with Crippen LogP contribution in [0, 0.1) is 23.0 Å². The van der Waals surface area contributed by atoms with E-state index in [0.717, 1.165) is 5.69 Å². The highest BCUT2D eigenvalue weighted by atomic mass is 16.6. The minimum atomic E-state index is -0.346. The molecule has 17 heavy (non-hydrogen) atoms. The van der Waals surface area contributed by atoms with Crippen molar-refractivity contribution in [1.29, 1.82) is 0 Å². The van der Waals surface area contributed by atoms with E-state index in [1.54, 1.807) is 12.1 Å². The molecule has 2 rings (SSSR count). The van der Waals surface area contributed by atoms with Gasteiger partial charge in [-0.1, -0.05) is 0 Å². The Morgan fingerprint density at radius 3 is 2.82 bits per heavy atom. The fourth-order valence-electron chi connectivity index (χ4n) is 2.13. The summed E-state index contributed by atoms with van der Waals surface area (Å²) in [5.74, 6) is 0.655. The second-order valence-electron chi connectivity index (χ2n) is 4.61. The molecule has 0 aliphatic heterocycles. The zero-order valence-electron chi connectivity index (χ0n) is 10.1. The van der Waals surface area contributed by atoms with Gasteiger partial charge in [-0.3, -0.25) is 15.1 Å². The standard InChI is InChI=1S/C12H17N3O2/c1-8-3-6-12(15(16)17)11(14-8)7-10(13-2)9-4-5-9/h3,6,9-10,13H,4-5,7H2,1-2H3. The Hall–Kier alpha value is -1.49. The fourth-order valence-corrected chi connectivity index (χ4v) is 2.13. The molecule has 0 bridgehead atoms. The molecule has 1 unspecified atom stereocenters. The van der Waals surface area contributed by atoms with E-state index in [-0.39, 0.29) is 10.6 Å². The Balaban J connectivity index is 2.22. The maximum atomic E-state index is 10.9. The number of likely N-dealkylation sites (N-methyl/N-ethyl adjacent to an activating group) is 1. The molecule has 0 amide bonds. The lowest BCUT2D eigenvalue weighted by Gasteiger charge is -2.14. The highest BCUT2D eigenvalue weighted by Gasteiger charge is 2.32. The summed E-state index contributed by atoms with van der Waals surface area (Å²) in [5, 5.41) is 14.2. The van der Waals surface area contributed by atoms with Crippen molar-refractivity contribution in [2.75, 3.05) is 7.05 Å². The molecule has 1 atom stereocenters. The van der Waals surface area contributed by atoms with Crippen molar-refractivity contribution in [3.8, 4) is 0 Å². The van der Waals surface area contributed by atoms with Gasteiger partial charge in [-0.15, -0.1) is 0 Å². The van der Waals surface area contributed by atoms with Crippen LogP contribution in [0.4, 0.5) is 5.69 Å². The van der Waals surface area contributed by atoms with E-state index in [1.165, 1.54) is 12.8 Å². The third-order valence-corrected chi connectivity index (χ3v) is 3.26. The average molecular weight is 235 g/mol. The maximum absolute atomic E-state index is 10.9. The molecule has 0 radical (unpaired) electrons.